The first-order valence-corrected chi connectivity index (χ1v) is 12.9. The van der Waals surface area contributed by atoms with Gasteiger partial charge < -0.3 is 10.6 Å². The second-order valence-electron chi connectivity index (χ2n) is 9.15. The van der Waals surface area contributed by atoms with Crippen LogP contribution in [0.25, 0.3) is 0 Å². The van der Waals surface area contributed by atoms with Crippen molar-refractivity contribution in [3.63, 3.8) is 0 Å². The standard InChI is InChI=1S/C28H31FN2OS2/c1-28(2,3)23-12-10-21(11-13-23)26(32)22-6-4-7-25(18-22)31-27(33)30-16-5-17-34-19-20-8-14-24(29)15-9-20/h4,6-15,18H,5,16-17,19H2,1-3H3,(H2,30,31,33). The zero-order valence-electron chi connectivity index (χ0n) is 19.9. The summed E-state index contributed by atoms with van der Waals surface area (Å²) in [5.74, 6) is 1.62. The molecule has 34 heavy (non-hydrogen) atoms. The molecule has 0 radical (unpaired) electrons. The van der Waals surface area contributed by atoms with Gasteiger partial charge in [0.1, 0.15) is 5.82 Å². The molecule has 3 aromatic rings. The summed E-state index contributed by atoms with van der Waals surface area (Å²) in [4.78, 5) is 12.9. The van der Waals surface area contributed by atoms with Crippen molar-refractivity contribution in [2.75, 3.05) is 17.6 Å². The molecule has 6 heteroatoms. The lowest BCUT2D eigenvalue weighted by atomic mass is 9.86. The Morgan fingerprint density at radius 2 is 1.68 bits per heavy atom. The Morgan fingerprint density at radius 3 is 2.35 bits per heavy atom. The number of benzene rings is 3. The number of carbonyl (C=O) groups excluding carboxylic acids is 1. The van der Waals surface area contributed by atoms with E-state index in [0.717, 1.165) is 35.7 Å². The van der Waals surface area contributed by atoms with Crippen molar-refractivity contribution < 1.29 is 9.18 Å². The van der Waals surface area contributed by atoms with Crippen molar-refractivity contribution in [3.05, 3.63) is 101 Å². The topological polar surface area (TPSA) is 41.1 Å². The Kier molecular flexibility index (Phi) is 9.25. The van der Waals surface area contributed by atoms with Crippen LogP contribution in [0.5, 0.6) is 0 Å². The molecule has 0 heterocycles. The molecule has 0 atom stereocenters. The van der Waals surface area contributed by atoms with Gasteiger partial charge >= 0.3 is 0 Å². The zero-order valence-corrected chi connectivity index (χ0v) is 21.5. The highest BCUT2D eigenvalue weighted by molar-refractivity contribution is 7.98. The van der Waals surface area contributed by atoms with Gasteiger partial charge in [0.2, 0.25) is 0 Å². The Labute approximate surface area is 211 Å². The van der Waals surface area contributed by atoms with Crippen molar-refractivity contribution in [3.8, 4) is 0 Å². The van der Waals surface area contributed by atoms with Gasteiger partial charge in [-0.3, -0.25) is 4.79 Å². The SMILES string of the molecule is CC(C)(C)c1ccc(C(=O)c2cccc(NC(=S)NCCCSCc3ccc(F)cc3)c2)cc1. The van der Waals surface area contributed by atoms with Crippen LogP contribution in [0, 0.1) is 5.82 Å². The molecule has 3 aromatic carbocycles. The number of carbonyl (C=O) groups is 1. The maximum atomic E-state index is 12.9. The average Bonchev–Trinajstić information content (AvgIpc) is 2.81. The number of nitrogens with one attached hydrogen (secondary N) is 2. The summed E-state index contributed by atoms with van der Waals surface area (Å²) in [5, 5.41) is 6.91. The molecule has 0 saturated carbocycles. The quantitative estimate of drug-likeness (QED) is 0.191. The summed E-state index contributed by atoms with van der Waals surface area (Å²) in [7, 11) is 0. The summed E-state index contributed by atoms with van der Waals surface area (Å²) < 4.78 is 12.9. The van der Waals surface area contributed by atoms with Gasteiger partial charge in [0.15, 0.2) is 10.9 Å². The third-order valence-electron chi connectivity index (χ3n) is 5.33. The average molecular weight is 495 g/mol. The molecule has 0 spiro atoms. The van der Waals surface area contributed by atoms with Crippen LogP contribution >= 0.6 is 24.0 Å². The second-order valence-corrected chi connectivity index (χ2v) is 10.7. The van der Waals surface area contributed by atoms with Crippen LogP contribution in [-0.2, 0) is 11.2 Å². The van der Waals surface area contributed by atoms with Crippen molar-refractivity contribution in [2.24, 2.45) is 0 Å². The number of thiocarbonyl (C=S) groups is 1. The largest absolute Gasteiger partial charge is 0.362 e. The van der Waals surface area contributed by atoms with Crippen molar-refractivity contribution in [1.29, 1.82) is 0 Å². The van der Waals surface area contributed by atoms with Crippen LogP contribution in [0.2, 0.25) is 0 Å². The van der Waals surface area contributed by atoms with E-state index in [9.17, 15) is 9.18 Å². The van der Waals surface area contributed by atoms with Crippen molar-refractivity contribution in [1.82, 2.24) is 5.32 Å². The van der Waals surface area contributed by atoms with E-state index in [1.807, 2.05) is 72.4 Å². The Balaban J connectivity index is 1.43. The fourth-order valence-electron chi connectivity index (χ4n) is 3.35. The Bertz CT molecular complexity index is 1110. The number of thioether (sulfide) groups is 1. The summed E-state index contributed by atoms with van der Waals surface area (Å²) in [6, 6.07) is 21.8. The molecule has 3 rings (SSSR count). The summed E-state index contributed by atoms with van der Waals surface area (Å²) in [5.41, 5.74) is 4.44. The third kappa shape index (κ3) is 7.96. The Hall–Kier alpha value is -2.70. The third-order valence-corrected chi connectivity index (χ3v) is 6.69. The van der Waals surface area contributed by atoms with Crippen LogP contribution in [0.4, 0.5) is 10.1 Å². The van der Waals surface area contributed by atoms with Gasteiger partial charge in [0.05, 0.1) is 0 Å². The molecule has 0 bridgehead atoms. The minimum atomic E-state index is -0.205. The predicted molar refractivity (Wildman–Crippen MR) is 146 cm³/mol. The van der Waals surface area contributed by atoms with Gasteiger partial charge in [-0.05, 0) is 65.2 Å². The molecule has 0 aliphatic heterocycles. The molecule has 178 valence electrons. The molecule has 3 nitrogen and oxygen atoms in total. The highest BCUT2D eigenvalue weighted by Crippen LogP contribution is 2.23. The molecule has 0 aliphatic rings. The highest BCUT2D eigenvalue weighted by Gasteiger charge is 2.15. The molecule has 0 unspecified atom stereocenters. The monoisotopic (exact) mass is 494 g/mol. The maximum absolute atomic E-state index is 12.9. The predicted octanol–water partition coefficient (Wildman–Crippen LogP) is 6.96. The number of ketones is 1. The lowest BCUT2D eigenvalue weighted by molar-refractivity contribution is 0.103. The first-order chi connectivity index (χ1) is 16.2. The lowest BCUT2D eigenvalue weighted by Crippen LogP contribution is -2.29. The van der Waals surface area contributed by atoms with E-state index in [1.54, 1.807) is 0 Å². The minimum absolute atomic E-state index is 0.0128. The van der Waals surface area contributed by atoms with Gasteiger partial charge in [-0.2, -0.15) is 11.8 Å². The van der Waals surface area contributed by atoms with Gasteiger partial charge in [-0.1, -0.05) is 69.3 Å². The minimum Gasteiger partial charge on any atom is -0.362 e. The number of rotatable bonds is 9. The van der Waals surface area contributed by atoms with Gasteiger partial charge in [0.25, 0.3) is 0 Å². The maximum Gasteiger partial charge on any atom is 0.193 e. The molecule has 0 aromatic heterocycles. The van der Waals surface area contributed by atoms with Crippen LogP contribution in [-0.4, -0.2) is 23.2 Å². The van der Waals surface area contributed by atoms with Crippen LogP contribution < -0.4 is 10.6 Å². The summed E-state index contributed by atoms with van der Waals surface area (Å²) in [6.07, 6.45) is 0.955. The molecule has 2 N–H and O–H groups in total. The molecular weight excluding hydrogens is 463 g/mol. The van der Waals surface area contributed by atoms with E-state index in [2.05, 4.69) is 31.4 Å². The van der Waals surface area contributed by atoms with Gasteiger partial charge in [-0.15, -0.1) is 0 Å². The van der Waals surface area contributed by atoms with Crippen LogP contribution in [0.3, 0.4) is 0 Å². The molecule has 0 amide bonds. The first-order valence-electron chi connectivity index (χ1n) is 11.3. The zero-order chi connectivity index (χ0) is 24.6. The smallest absolute Gasteiger partial charge is 0.193 e. The van der Waals surface area contributed by atoms with E-state index in [4.69, 9.17) is 12.2 Å². The highest BCUT2D eigenvalue weighted by atomic mass is 32.2. The fourth-order valence-corrected chi connectivity index (χ4v) is 4.49. The number of halogens is 1. The van der Waals surface area contributed by atoms with E-state index < -0.39 is 0 Å². The van der Waals surface area contributed by atoms with Crippen LogP contribution in [0.15, 0.2) is 72.8 Å². The van der Waals surface area contributed by atoms with Crippen molar-refractivity contribution >= 4 is 40.6 Å². The molecule has 0 fully saturated rings. The summed E-state index contributed by atoms with van der Waals surface area (Å²) >= 11 is 7.21. The van der Waals surface area contributed by atoms with E-state index in [1.165, 1.54) is 17.7 Å². The van der Waals surface area contributed by atoms with E-state index in [-0.39, 0.29) is 17.0 Å². The van der Waals surface area contributed by atoms with E-state index in [0.29, 0.717) is 16.2 Å². The number of anilines is 1. The summed E-state index contributed by atoms with van der Waals surface area (Å²) in [6.45, 7) is 7.22. The van der Waals surface area contributed by atoms with Gasteiger partial charge in [0, 0.05) is 29.1 Å². The number of hydrogen-bond donors (Lipinski definition) is 2. The second kappa shape index (κ2) is 12.1. The number of hydrogen-bond acceptors (Lipinski definition) is 3. The Morgan fingerprint density at radius 1 is 0.971 bits per heavy atom. The first kappa shape index (κ1) is 25.9. The van der Waals surface area contributed by atoms with Crippen LogP contribution in [0.1, 0.15) is 54.2 Å². The molecule has 0 aliphatic carbocycles. The van der Waals surface area contributed by atoms with Gasteiger partial charge in [-0.25, -0.2) is 4.39 Å². The van der Waals surface area contributed by atoms with Crippen molar-refractivity contribution in [2.45, 2.75) is 38.4 Å². The fraction of sp³-hybridized carbons (Fsp3) is 0.286. The normalized spacial score (nSPS) is 11.2. The molecule has 0 saturated heterocycles. The van der Waals surface area contributed by atoms with E-state index >= 15 is 0 Å². The lowest BCUT2D eigenvalue weighted by Gasteiger charge is -2.19. The molecular formula is C28H31FN2OS2.